The first kappa shape index (κ1) is 19.2. The van der Waals surface area contributed by atoms with Crippen LogP contribution in [-0.4, -0.2) is 36.1 Å². The maximum absolute atomic E-state index is 12.5. The Morgan fingerprint density at radius 2 is 1.70 bits per heavy atom. The fourth-order valence-corrected chi connectivity index (χ4v) is 3.27. The number of piperidine rings is 1. The van der Waals surface area contributed by atoms with Crippen LogP contribution in [0, 0.1) is 0 Å². The Morgan fingerprint density at radius 1 is 1.04 bits per heavy atom. The van der Waals surface area contributed by atoms with Crippen LogP contribution in [0.25, 0.3) is 0 Å². The van der Waals surface area contributed by atoms with Gasteiger partial charge in [-0.3, -0.25) is 4.79 Å². The van der Waals surface area contributed by atoms with Crippen molar-refractivity contribution in [3.63, 3.8) is 0 Å². The Hall–Kier alpha value is -2.60. The number of anilines is 1. The van der Waals surface area contributed by atoms with Crippen molar-refractivity contribution >= 4 is 28.9 Å². The molecule has 27 heavy (non-hydrogen) atoms. The second kappa shape index (κ2) is 9.37. The fraction of sp³-hybridized carbons (Fsp3) is 0.333. The SMILES string of the molecule is COc1ccc(CNC(=S)Nc2ccc(C(=O)N3CCCCC3)cc2)cc1. The van der Waals surface area contributed by atoms with Crippen molar-refractivity contribution in [3.05, 3.63) is 59.7 Å². The van der Waals surface area contributed by atoms with Crippen LogP contribution in [0.4, 0.5) is 5.69 Å². The second-order valence-electron chi connectivity index (χ2n) is 6.59. The molecular weight excluding hydrogens is 358 g/mol. The van der Waals surface area contributed by atoms with Crippen molar-refractivity contribution in [2.24, 2.45) is 0 Å². The number of amides is 1. The molecule has 1 aliphatic rings. The van der Waals surface area contributed by atoms with Gasteiger partial charge in [-0.2, -0.15) is 0 Å². The van der Waals surface area contributed by atoms with Crippen LogP contribution in [0.1, 0.15) is 35.2 Å². The van der Waals surface area contributed by atoms with E-state index in [9.17, 15) is 4.79 Å². The van der Waals surface area contributed by atoms with Gasteiger partial charge in [0.1, 0.15) is 5.75 Å². The molecule has 0 saturated carbocycles. The van der Waals surface area contributed by atoms with Crippen molar-refractivity contribution in [1.82, 2.24) is 10.2 Å². The lowest BCUT2D eigenvalue weighted by atomic mass is 10.1. The lowest BCUT2D eigenvalue weighted by Crippen LogP contribution is -2.35. The summed E-state index contributed by atoms with van der Waals surface area (Å²) in [4.78, 5) is 14.4. The van der Waals surface area contributed by atoms with Gasteiger partial charge in [0.15, 0.2) is 5.11 Å². The first-order valence-corrected chi connectivity index (χ1v) is 9.63. The van der Waals surface area contributed by atoms with E-state index < -0.39 is 0 Å². The third-order valence-corrected chi connectivity index (χ3v) is 4.89. The molecule has 0 radical (unpaired) electrons. The van der Waals surface area contributed by atoms with Crippen LogP contribution < -0.4 is 15.4 Å². The first-order valence-electron chi connectivity index (χ1n) is 9.23. The third-order valence-electron chi connectivity index (χ3n) is 4.65. The minimum absolute atomic E-state index is 0.112. The zero-order valence-corrected chi connectivity index (χ0v) is 16.3. The van der Waals surface area contributed by atoms with Gasteiger partial charge in [0.25, 0.3) is 5.91 Å². The summed E-state index contributed by atoms with van der Waals surface area (Å²) in [7, 11) is 1.65. The second-order valence-corrected chi connectivity index (χ2v) is 6.99. The number of hydrogen-bond acceptors (Lipinski definition) is 3. The minimum Gasteiger partial charge on any atom is -0.497 e. The highest BCUT2D eigenvalue weighted by Gasteiger charge is 2.17. The molecule has 5 nitrogen and oxygen atoms in total. The Balaban J connectivity index is 1.49. The van der Waals surface area contributed by atoms with E-state index in [1.807, 2.05) is 53.4 Å². The van der Waals surface area contributed by atoms with Gasteiger partial charge >= 0.3 is 0 Å². The lowest BCUT2D eigenvalue weighted by molar-refractivity contribution is 0.0724. The molecule has 1 heterocycles. The van der Waals surface area contributed by atoms with Crippen molar-refractivity contribution in [1.29, 1.82) is 0 Å². The monoisotopic (exact) mass is 383 g/mol. The Labute approximate surface area is 165 Å². The zero-order chi connectivity index (χ0) is 19.1. The van der Waals surface area contributed by atoms with Crippen molar-refractivity contribution < 1.29 is 9.53 Å². The molecule has 0 unspecified atom stereocenters. The average Bonchev–Trinajstić information content (AvgIpc) is 2.73. The molecule has 2 aromatic rings. The van der Waals surface area contributed by atoms with E-state index in [-0.39, 0.29) is 5.91 Å². The maximum atomic E-state index is 12.5. The minimum atomic E-state index is 0.112. The molecule has 0 aromatic heterocycles. The van der Waals surface area contributed by atoms with Crippen LogP contribution >= 0.6 is 12.2 Å². The summed E-state index contributed by atoms with van der Waals surface area (Å²) in [6, 6.07) is 15.3. The van der Waals surface area contributed by atoms with Crippen molar-refractivity contribution in [3.8, 4) is 5.75 Å². The van der Waals surface area contributed by atoms with Crippen molar-refractivity contribution in [2.75, 3.05) is 25.5 Å². The molecule has 1 amide bonds. The van der Waals surface area contributed by atoms with E-state index in [1.54, 1.807) is 7.11 Å². The van der Waals surface area contributed by atoms with Gasteiger partial charge in [0.05, 0.1) is 7.11 Å². The molecule has 0 spiro atoms. The van der Waals surface area contributed by atoms with Gasteiger partial charge in [-0.15, -0.1) is 0 Å². The first-order chi connectivity index (χ1) is 13.2. The van der Waals surface area contributed by atoms with Gasteiger partial charge in [-0.1, -0.05) is 12.1 Å². The molecule has 2 aromatic carbocycles. The number of rotatable bonds is 5. The highest BCUT2D eigenvalue weighted by Crippen LogP contribution is 2.16. The number of nitrogens with zero attached hydrogens (tertiary/aromatic N) is 1. The number of benzene rings is 2. The number of methoxy groups -OCH3 is 1. The van der Waals surface area contributed by atoms with Gasteiger partial charge < -0.3 is 20.3 Å². The lowest BCUT2D eigenvalue weighted by Gasteiger charge is -2.26. The molecule has 0 atom stereocenters. The Kier molecular flexibility index (Phi) is 6.65. The van der Waals surface area contributed by atoms with Gasteiger partial charge in [-0.25, -0.2) is 0 Å². The molecule has 2 N–H and O–H groups in total. The van der Waals surface area contributed by atoms with Crippen molar-refractivity contribution in [2.45, 2.75) is 25.8 Å². The van der Waals surface area contributed by atoms with E-state index in [2.05, 4.69) is 10.6 Å². The maximum Gasteiger partial charge on any atom is 0.253 e. The molecular formula is C21H25N3O2S. The molecule has 6 heteroatoms. The van der Waals surface area contributed by atoms with E-state index in [0.717, 1.165) is 48.5 Å². The molecule has 0 aliphatic carbocycles. The number of ether oxygens (including phenoxy) is 1. The van der Waals surface area contributed by atoms with Crippen LogP contribution in [0.2, 0.25) is 0 Å². The Bertz CT molecular complexity index is 769. The highest BCUT2D eigenvalue weighted by atomic mass is 32.1. The number of carbonyl (C=O) groups excluding carboxylic acids is 1. The number of carbonyl (C=O) groups is 1. The summed E-state index contributed by atoms with van der Waals surface area (Å²) >= 11 is 5.35. The van der Waals surface area contributed by atoms with Gasteiger partial charge in [-0.05, 0) is 73.4 Å². The van der Waals surface area contributed by atoms with Gasteiger partial charge in [0, 0.05) is 30.9 Å². The number of likely N-dealkylation sites (tertiary alicyclic amines) is 1. The Morgan fingerprint density at radius 3 is 2.33 bits per heavy atom. The molecule has 3 rings (SSSR count). The summed E-state index contributed by atoms with van der Waals surface area (Å²) in [5, 5.41) is 6.87. The molecule has 1 aliphatic heterocycles. The smallest absolute Gasteiger partial charge is 0.253 e. The summed E-state index contributed by atoms with van der Waals surface area (Å²) in [6.45, 7) is 2.34. The summed E-state index contributed by atoms with van der Waals surface area (Å²) in [6.07, 6.45) is 3.41. The fourth-order valence-electron chi connectivity index (χ4n) is 3.08. The van der Waals surface area contributed by atoms with E-state index in [1.165, 1.54) is 6.42 Å². The molecule has 0 bridgehead atoms. The highest BCUT2D eigenvalue weighted by molar-refractivity contribution is 7.80. The summed E-state index contributed by atoms with van der Waals surface area (Å²) in [5.41, 5.74) is 2.69. The topological polar surface area (TPSA) is 53.6 Å². The van der Waals surface area contributed by atoms with E-state index in [0.29, 0.717) is 11.7 Å². The van der Waals surface area contributed by atoms with Gasteiger partial charge in [0.2, 0.25) is 0 Å². The standard InChI is InChI=1S/C21H25N3O2S/c1-26-19-11-5-16(6-12-19)15-22-21(27)23-18-9-7-17(8-10-18)20(25)24-13-3-2-4-14-24/h5-12H,2-4,13-15H2,1H3,(H2,22,23,27). The number of thiocarbonyl (C=S) groups is 1. The third kappa shape index (κ3) is 5.44. The normalized spacial score (nSPS) is 13.7. The van der Waals surface area contributed by atoms with Crippen LogP contribution in [0.15, 0.2) is 48.5 Å². The van der Waals surface area contributed by atoms with Crippen LogP contribution in [0.5, 0.6) is 5.75 Å². The number of nitrogens with one attached hydrogen (secondary N) is 2. The quantitative estimate of drug-likeness (QED) is 0.769. The largest absolute Gasteiger partial charge is 0.497 e. The average molecular weight is 384 g/mol. The number of hydrogen-bond donors (Lipinski definition) is 2. The predicted octanol–water partition coefficient (Wildman–Crippen LogP) is 3.81. The molecule has 142 valence electrons. The molecule has 1 saturated heterocycles. The van der Waals surface area contributed by atoms with E-state index in [4.69, 9.17) is 17.0 Å². The zero-order valence-electron chi connectivity index (χ0n) is 15.5. The van der Waals surface area contributed by atoms with Crippen LogP contribution in [0.3, 0.4) is 0 Å². The summed E-state index contributed by atoms with van der Waals surface area (Å²) < 4.78 is 5.15. The van der Waals surface area contributed by atoms with Crippen LogP contribution in [-0.2, 0) is 6.54 Å². The van der Waals surface area contributed by atoms with E-state index >= 15 is 0 Å². The predicted molar refractivity (Wildman–Crippen MR) is 112 cm³/mol. The summed E-state index contributed by atoms with van der Waals surface area (Å²) in [5.74, 6) is 0.945. The molecule has 1 fully saturated rings.